The highest BCUT2D eigenvalue weighted by Crippen LogP contribution is 2.42. The first-order valence-corrected chi connectivity index (χ1v) is 7.19. The predicted molar refractivity (Wildman–Crippen MR) is 68.6 cm³/mol. The van der Waals surface area contributed by atoms with E-state index in [2.05, 4.69) is 0 Å². The molecular formula is C13H8O3S2. The number of carboxylic acids is 1. The minimum Gasteiger partial charge on any atom is -0.478 e. The minimum absolute atomic E-state index is 0.220. The second-order valence-corrected chi connectivity index (χ2v) is 6.29. The summed E-state index contributed by atoms with van der Waals surface area (Å²) >= 11 is 1.46. The van der Waals surface area contributed by atoms with Crippen molar-refractivity contribution in [3.05, 3.63) is 48.0 Å². The zero-order valence-electron chi connectivity index (χ0n) is 9.12. The molecule has 1 atom stereocenters. The van der Waals surface area contributed by atoms with Gasteiger partial charge in [-0.3, -0.25) is 0 Å². The predicted octanol–water partition coefficient (Wildman–Crippen LogP) is 3.02. The lowest BCUT2D eigenvalue weighted by molar-refractivity contribution is 0.0696. The number of hydrogen-bond donors (Lipinski definition) is 1. The van der Waals surface area contributed by atoms with Crippen molar-refractivity contribution in [3.8, 4) is 0 Å². The van der Waals surface area contributed by atoms with Crippen molar-refractivity contribution in [2.75, 3.05) is 0 Å². The summed E-state index contributed by atoms with van der Waals surface area (Å²) < 4.78 is 12.3. The van der Waals surface area contributed by atoms with Crippen LogP contribution in [0.2, 0.25) is 0 Å². The average Bonchev–Trinajstić information content (AvgIpc) is 2.38. The maximum atomic E-state index is 12.3. The normalized spacial score (nSPS) is 16.8. The zero-order valence-corrected chi connectivity index (χ0v) is 10.8. The molecule has 1 aliphatic heterocycles. The van der Waals surface area contributed by atoms with Crippen molar-refractivity contribution in [1.82, 2.24) is 0 Å². The summed E-state index contributed by atoms with van der Waals surface area (Å²) in [7, 11) is -1.23. The van der Waals surface area contributed by atoms with Crippen LogP contribution in [0.15, 0.2) is 62.0 Å². The van der Waals surface area contributed by atoms with Gasteiger partial charge >= 0.3 is 5.97 Å². The van der Waals surface area contributed by atoms with Crippen LogP contribution in [0.25, 0.3) is 0 Å². The summed E-state index contributed by atoms with van der Waals surface area (Å²) in [5.74, 6) is -0.969. The molecule has 1 heterocycles. The van der Waals surface area contributed by atoms with Gasteiger partial charge in [-0.2, -0.15) is 0 Å². The van der Waals surface area contributed by atoms with Crippen molar-refractivity contribution in [2.24, 2.45) is 0 Å². The molecular weight excluding hydrogens is 268 g/mol. The molecule has 0 saturated carbocycles. The lowest BCUT2D eigenvalue weighted by atomic mass is 10.2. The molecule has 2 aromatic carbocycles. The third-order valence-corrected chi connectivity index (χ3v) is 5.56. The third-order valence-electron chi connectivity index (χ3n) is 2.66. The largest absolute Gasteiger partial charge is 0.478 e. The number of carbonyl (C=O) groups is 1. The third kappa shape index (κ3) is 1.76. The number of benzene rings is 2. The standard InChI is InChI=1S/C13H8O3S2/c14-13(15)8-5-6-12-10(7-8)17-9-3-1-2-4-11(9)18(12)16/h1-7H,(H,14,15). The number of carboxylic acid groups (broad SMARTS) is 1. The van der Waals surface area contributed by atoms with Crippen molar-refractivity contribution in [2.45, 2.75) is 19.6 Å². The monoisotopic (exact) mass is 276 g/mol. The van der Waals surface area contributed by atoms with E-state index in [0.717, 1.165) is 14.7 Å². The number of aromatic carboxylic acids is 1. The Bertz CT molecular complexity index is 680. The summed E-state index contributed by atoms with van der Waals surface area (Å²) in [5, 5.41) is 8.96. The van der Waals surface area contributed by atoms with Crippen LogP contribution in [-0.2, 0) is 10.8 Å². The van der Waals surface area contributed by atoms with E-state index in [1.807, 2.05) is 24.3 Å². The van der Waals surface area contributed by atoms with E-state index < -0.39 is 16.8 Å². The summed E-state index contributed by atoms with van der Waals surface area (Å²) in [6.45, 7) is 0. The second kappa shape index (κ2) is 4.26. The van der Waals surface area contributed by atoms with Gasteiger partial charge in [0.1, 0.15) is 0 Å². The first kappa shape index (κ1) is 11.5. The molecule has 1 aliphatic rings. The van der Waals surface area contributed by atoms with Crippen molar-refractivity contribution < 1.29 is 14.1 Å². The molecule has 0 fully saturated rings. The van der Waals surface area contributed by atoms with E-state index in [9.17, 15) is 9.00 Å². The molecule has 0 saturated heterocycles. The highest BCUT2D eigenvalue weighted by atomic mass is 32.2. The molecule has 0 spiro atoms. The number of fused-ring (bicyclic) bond motifs is 2. The molecule has 0 aliphatic carbocycles. The Labute approximate surface area is 110 Å². The molecule has 0 amide bonds. The van der Waals surface area contributed by atoms with E-state index >= 15 is 0 Å². The van der Waals surface area contributed by atoms with Gasteiger partial charge < -0.3 is 5.11 Å². The van der Waals surface area contributed by atoms with E-state index in [1.54, 1.807) is 12.1 Å². The van der Waals surface area contributed by atoms with Gasteiger partial charge in [-0.1, -0.05) is 23.9 Å². The summed E-state index contributed by atoms with van der Waals surface area (Å²) in [6.07, 6.45) is 0. The van der Waals surface area contributed by atoms with Crippen LogP contribution >= 0.6 is 11.8 Å². The first-order chi connectivity index (χ1) is 8.66. The smallest absolute Gasteiger partial charge is 0.335 e. The van der Waals surface area contributed by atoms with Crippen LogP contribution in [0.1, 0.15) is 10.4 Å². The Morgan fingerprint density at radius 1 is 1.06 bits per heavy atom. The highest BCUT2D eigenvalue weighted by Gasteiger charge is 2.23. The average molecular weight is 276 g/mol. The van der Waals surface area contributed by atoms with E-state index in [1.165, 1.54) is 17.8 Å². The number of rotatable bonds is 1. The van der Waals surface area contributed by atoms with E-state index in [0.29, 0.717) is 4.90 Å². The molecule has 90 valence electrons. The van der Waals surface area contributed by atoms with Crippen molar-refractivity contribution >= 4 is 28.5 Å². The van der Waals surface area contributed by atoms with Crippen molar-refractivity contribution in [3.63, 3.8) is 0 Å². The summed E-state index contributed by atoms with van der Waals surface area (Å²) in [4.78, 5) is 14.1. The maximum Gasteiger partial charge on any atom is 0.335 e. The van der Waals surface area contributed by atoms with Crippen LogP contribution in [-0.4, -0.2) is 15.3 Å². The minimum atomic E-state index is -1.23. The SMILES string of the molecule is O=C(O)c1ccc2c(c1)Sc1ccccc1S2=O. The molecule has 0 radical (unpaired) electrons. The van der Waals surface area contributed by atoms with Gasteiger partial charge in [0.05, 0.1) is 26.2 Å². The molecule has 18 heavy (non-hydrogen) atoms. The summed E-state index contributed by atoms with van der Waals surface area (Å²) in [5.41, 5.74) is 0.220. The van der Waals surface area contributed by atoms with Crippen molar-refractivity contribution in [1.29, 1.82) is 0 Å². The molecule has 3 rings (SSSR count). The lowest BCUT2D eigenvalue weighted by Crippen LogP contribution is -2.04. The van der Waals surface area contributed by atoms with Gasteiger partial charge in [-0.05, 0) is 30.3 Å². The van der Waals surface area contributed by atoms with Gasteiger partial charge in [0.15, 0.2) is 0 Å². The molecule has 0 bridgehead atoms. The van der Waals surface area contributed by atoms with Gasteiger partial charge in [0, 0.05) is 9.79 Å². The summed E-state index contributed by atoms with van der Waals surface area (Å²) in [6, 6.07) is 12.2. The van der Waals surface area contributed by atoms with Crippen LogP contribution in [0.4, 0.5) is 0 Å². The fourth-order valence-electron chi connectivity index (χ4n) is 1.80. The Balaban J connectivity index is 2.16. The molecule has 5 heteroatoms. The molecule has 1 unspecified atom stereocenters. The quantitative estimate of drug-likeness (QED) is 0.742. The Kier molecular flexibility index (Phi) is 2.72. The van der Waals surface area contributed by atoms with Crippen LogP contribution < -0.4 is 0 Å². The zero-order chi connectivity index (χ0) is 12.7. The van der Waals surface area contributed by atoms with Gasteiger partial charge in [0.2, 0.25) is 0 Å². The Morgan fingerprint density at radius 2 is 1.78 bits per heavy atom. The van der Waals surface area contributed by atoms with Gasteiger partial charge in [0.25, 0.3) is 0 Å². The maximum absolute atomic E-state index is 12.3. The molecule has 3 nitrogen and oxygen atoms in total. The first-order valence-electron chi connectivity index (χ1n) is 5.23. The highest BCUT2D eigenvalue weighted by molar-refractivity contribution is 8.01. The van der Waals surface area contributed by atoms with Crippen LogP contribution in [0, 0.1) is 0 Å². The second-order valence-electron chi connectivity index (χ2n) is 3.78. The van der Waals surface area contributed by atoms with E-state index in [-0.39, 0.29) is 5.56 Å². The van der Waals surface area contributed by atoms with Crippen LogP contribution in [0.5, 0.6) is 0 Å². The molecule has 0 aromatic heterocycles. The van der Waals surface area contributed by atoms with Crippen LogP contribution in [0.3, 0.4) is 0 Å². The Hall–Kier alpha value is -1.59. The fourth-order valence-corrected chi connectivity index (χ4v) is 4.53. The fraction of sp³-hybridized carbons (Fsp3) is 0. The Morgan fingerprint density at radius 3 is 2.56 bits per heavy atom. The molecule has 2 aromatic rings. The van der Waals surface area contributed by atoms with Gasteiger partial charge in [-0.25, -0.2) is 9.00 Å². The van der Waals surface area contributed by atoms with E-state index in [4.69, 9.17) is 5.11 Å². The topological polar surface area (TPSA) is 54.4 Å². The van der Waals surface area contributed by atoms with Gasteiger partial charge in [-0.15, -0.1) is 0 Å². The number of hydrogen-bond acceptors (Lipinski definition) is 3. The lowest BCUT2D eigenvalue weighted by Gasteiger charge is -2.18. The molecule has 1 N–H and O–H groups in total.